The molecule has 0 bridgehead atoms. The molecule has 5 heteroatoms. The fourth-order valence-corrected chi connectivity index (χ4v) is 2.62. The van der Waals surface area contributed by atoms with Crippen LogP contribution in [0.3, 0.4) is 0 Å². The van der Waals surface area contributed by atoms with E-state index in [1.807, 2.05) is 24.7 Å². The average Bonchev–Trinajstić information content (AvgIpc) is 2.96. The quantitative estimate of drug-likeness (QED) is 0.900. The third-order valence-electron chi connectivity index (χ3n) is 2.67. The van der Waals surface area contributed by atoms with Crippen molar-refractivity contribution in [3.63, 3.8) is 0 Å². The van der Waals surface area contributed by atoms with E-state index >= 15 is 0 Å². The summed E-state index contributed by atoms with van der Waals surface area (Å²) in [7, 11) is 1.86. The molecular weight excluding hydrogens is 246 g/mol. The van der Waals surface area contributed by atoms with E-state index in [-0.39, 0.29) is 5.91 Å². The zero-order chi connectivity index (χ0) is 13.0. The van der Waals surface area contributed by atoms with Gasteiger partial charge in [-0.15, -0.1) is 11.3 Å². The van der Waals surface area contributed by atoms with Gasteiger partial charge in [0.05, 0.1) is 17.2 Å². The minimum atomic E-state index is -0.0625. The van der Waals surface area contributed by atoms with Crippen LogP contribution in [0.15, 0.2) is 23.7 Å². The standard InChI is InChI=1S/C13H17N3OS/c1-3-5-12-15-10(9-18-12)8-14-13(17)11-6-4-7-16(11)2/h4,6-7,9H,3,5,8H2,1-2H3,(H,14,17). The van der Waals surface area contributed by atoms with Crippen LogP contribution in [-0.2, 0) is 20.0 Å². The molecule has 0 atom stereocenters. The third-order valence-corrected chi connectivity index (χ3v) is 3.63. The molecule has 2 aromatic heterocycles. The van der Waals surface area contributed by atoms with E-state index in [1.165, 1.54) is 0 Å². The molecule has 2 rings (SSSR count). The molecule has 0 aliphatic heterocycles. The molecule has 0 saturated heterocycles. The molecule has 4 nitrogen and oxygen atoms in total. The lowest BCUT2D eigenvalue weighted by Crippen LogP contribution is -2.24. The first-order valence-electron chi connectivity index (χ1n) is 6.03. The Labute approximate surface area is 111 Å². The van der Waals surface area contributed by atoms with Gasteiger partial charge in [-0.1, -0.05) is 6.92 Å². The molecule has 2 heterocycles. The van der Waals surface area contributed by atoms with E-state index in [0.717, 1.165) is 23.5 Å². The second kappa shape index (κ2) is 5.82. The predicted octanol–water partition coefficient (Wildman–Crippen LogP) is 2.36. The SMILES string of the molecule is CCCc1nc(CNC(=O)c2cccn2C)cs1. The average molecular weight is 263 g/mol. The molecule has 0 aliphatic carbocycles. The van der Waals surface area contributed by atoms with Crippen LogP contribution in [0.4, 0.5) is 0 Å². The Morgan fingerprint density at radius 3 is 3.06 bits per heavy atom. The fraction of sp³-hybridized carbons (Fsp3) is 0.385. The van der Waals surface area contributed by atoms with Gasteiger partial charge in [-0.05, 0) is 25.0 Å². The van der Waals surface area contributed by atoms with E-state index in [9.17, 15) is 4.79 Å². The number of hydrogen-bond donors (Lipinski definition) is 1. The van der Waals surface area contributed by atoms with Gasteiger partial charge in [0.2, 0.25) is 0 Å². The summed E-state index contributed by atoms with van der Waals surface area (Å²) in [6, 6.07) is 3.66. The molecule has 0 spiro atoms. The summed E-state index contributed by atoms with van der Waals surface area (Å²) >= 11 is 1.66. The van der Waals surface area contributed by atoms with Gasteiger partial charge in [0.15, 0.2) is 0 Å². The van der Waals surface area contributed by atoms with Crippen LogP contribution in [0.2, 0.25) is 0 Å². The summed E-state index contributed by atoms with van der Waals surface area (Å²) in [6.07, 6.45) is 3.97. The number of nitrogens with one attached hydrogen (secondary N) is 1. The first-order chi connectivity index (χ1) is 8.70. The second-order valence-electron chi connectivity index (χ2n) is 4.17. The molecule has 0 fully saturated rings. The molecule has 0 aromatic carbocycles. The van der Waals surface area contributed by atoms with Gasteiger partial charge in [0.1, 0.15) is 5.69 Å². The Hall–Kier alpha value is -1.62. The molecule has 0 saturated carbocycles. The van der Waals surface area contributed by atoms with Crippen molar-refractivity contribution >= 4 is 17.2 Å². The minimum Gasteiger partial charge on any atom is -0.347 e. The summed E-state index contributed by atoms with van der Waals surface area (Å²) in [6.45, 7) is 2.63. The van der Waals surface area contributed by atoms with E-state index in [0.29, 0.717) is 12.2 Å². The van der Waals surface area contributed by atoms with Gasteiger partial charge >= 0.3 is 0 Å². The Morgan fingerprint density at radius 2 is 2.39 bits per heavy atom. The van der Waals surface area contributed by atoms with Crippen molar-refractivity contribution in [1.82, 2.24) is 14.9 Å². The topological polar surface area (TPSA) is 46.9 Å². The maximum atomic E-state index is 11.9. The summed E-state index contributed by atoms with van der Waals surface area (Å²) in [4.78, 5) is 16.3. The van der Waals surface area contributed by atoms with Crippen LogP contribution in [0.1, 0.15) is 34.5 Å². The van der Waals surface area contributed by atoms with Gasteiger partial charge < -0.3 is 9.88 Å². The Balaban J connectivity index is 1.91. The summed E-state index contributed by atoms with van der Waals surface area (Å²) in [5.74, 6) is -0.0625. The van der Waals surface area contributed by atoms with Crippen LogP contribution in [0, 0.1) is 0 Å². The molecule has 18 heavy (non-hydrogen) atoms. The first-order valence-corrected chi connectivity index (χ1v) is 6.91. The number of thiazole rings is 1. The molecular formula is C13H17N3OS. The summed E-state index contributed by atoms with van der Waals surface area (Å²) < 4.78 is 1.80. The highest BCUT2D eigenvalue weighted by Crippen LogP contribution is 2.11. The number of amides is 1. The van der Waals surface area contributed by atoms with Crippen LogP contribution in [-0.4, -0.2) is 15.5 Å². The van der Waals surface area contributed by atoms with Crippen LogP contribution < -0.4 is 5.32 Å². The van der Waals surface area contributed by atoms with E-state index in [2.05, 4.69) is 17.2 Å². The lowest BCUT2D eigenvalue weighted by Gasteiger charge is -2.04. The smallest absolute Gasteiger partial charge is 0.268 e. The van der Waals surface area contributed by atoms with Crippen molar-refractivity contribution in [2.45, 2.75) is 26.3 Å². The number of hydrogen-bond acceptors (Lipinski definition) is 3. The Morgan fingerprint density at radius 1 is 1.56 bits per heavy atom. The largest absolute Gasteiger partial charge is 0.347 e. The highest BCUT2D eigenvalue weighted by atomic mass is 32.1. The van der Waals surface area contributed by atoms with Gasteiger partial charge in [-0.3, -0.25) is 4.79 Å². The molecule has 2 aromatic rings. The third kappa shape index (κ3) is 2.98. The van der Waals surface area contributed by atoms with Crippen molar-refractivity contribution in [3.05, 3.63) is 40.1 Å². The maximum absolute atomic E-state index is 11.9. The first kappa shape index (κ1) is 12.8. The van der Waals surface area contributed by atoms with Crippen molar-refractivity contribution < 1.29 is 4.79 Å². The van der Waals surface area contributed by atoms with Crippen molar-refractivity contribution in [1.29, 1.82) is 0 Å². The summed E-state index contributed by atoms with van der Waals surface area (Å²) in [5.41, 5.74) is 1.60. The fourth-order valence-electron chi connectivity index (χ4n) is 1.72. The van der Waals surface area contributed by atoms with Crippen molar-refractivity contribution in [3.8, 4) is 0 Å². The van der Waals surface area contributed by atoms with Crippen molar-refractivity contribution in [2.75, 3.05) is 0 Å². The highest BCUT2D eigenvalue weighted by molar-refractivity contribution is 7.09. The Bertz CT molecular complexity index is 530. The zero-order valence-corrected chi connectivity index (χ0v) is 11.5. The van der Waals surface area contributed by atoms with Crippen LogP contribution >= 0.6 is 11.3 Å². The molecule has 96 valence electrons. The highest BCUT2D eigenvalue weighted by Gasteiger charge is 2.09. The van der Waals surface area contributed by atoms with Crippen molar-refractivity contribution in [2.24, 2.45) is 7.05 Å². The number of carbonyl (C=O) groups excluding carboxylic acids is 1. The second-order valence-corrected chi connectivity index (χ2v) is 5.11. The number of rotatable bonds is 5. The monoisotopic (exact) mass is 263 g/mol. The summed E-state index contributed by atoms with van der Waals surface area (Å²) in [5, 5.41) is 6.03. The molecule has 1 N–H and O–H groups in total. The zero-order valence-electron chi connectivity index (χ0n) is 10.6. The normalized spacial score (nSPS) is 10.6. The number of aryl methyl sites for hydroxylation is 2. The van der Waals surface area contributed by atoms with E-state index in [4.69, 9.17) is 0 Å². The predicted molar refractivity (Wildman–Crippen MR) is 72.7 cm³/mol. The van der Waals surface area contributed by atoms with Crippen LogP contribution in [0.5, 0.6) is 0 Å². The van der Waals surface area contributed by atoms with Gasteiger partial charge in [0.25, 0.3) is 5.91 Å². The molecule has 0 aliphatic rings. The Kier molecular flexibility index (Phi) is 4.15. The number of nitrogens with zero attached hydrogens (tertiary/aromatic N) is 2. The van der Waals surface area contributed by atoms with Gasteiger partial charge in [-0.25, -0.2) is 4.98 Å². The molecule has 0 unspecified atom stereocenters. The number of aromatic nitrogens is 2. The lowest BCUT2D eigenvalue weighted by molar-refractivity contribution is 0.0942. The van der Waals surface area contributed by atoms with Crippen LogP contribution in [0.25, 0.3) is 0 Å². The maximum Gasteiger partial charge on any atom is 0.268 e. The van der Waals surface area contributed by atoms with E-state index < -0.39 is 0 Å². The number of carbonyl (C=O) groups is 1. The van der Waals surface area contributed by atoms with Gasteiger partial charge in [0, 0.05) is 18.6 Å². The molecule has 1 amide bonds. The minimum absolute atomic E-state index is 0.0625. The van der Waals surface area contributed by atoms with Gasteiger partial charge in [-0.2, -0.15) is 0 Å². The lowest BCUT2D eigenvalue weighted by atomic mass is 10.3. The molecule has 0 radical (unpaired) electrons. The van der Waals surface area contributed by atoms with E-state index in [1.54, 1.807) is 22.0 Å².